The van der Waals surface area contributed by atoms with Gasteiger partial charge in [-0.1, -0.05) is 12.8 Å². The van der Waals surface area contributed by atoms with Crippen molar-refractivity contribution in [2.45, 2.75) is 38.0 Å². The Hall–Kier alpha value is -1.09. The molecule has 17 heavy (non-hydrogen) atoms. The smallest absolute Gasteiger partial charge is 0.130 e. The molecule has 0 saturated heterocycles. The highest BCUT2D eigenvalue weighted by Crippen LogP contribution is 2.45. The fourth-order valence-electron chi connectivity index (χ4n) is 2.99. The van der Waals surface area contributed by atoms with Crippen LogP contribution < -0.4 is 10.5 Å². The largest absolute Gasteiger partial charge is 0.496 e. The molecule has 0 spiro atoms. The molecule has 0 unspecified atom stereocenters. The Morgan fingerprint density at radius 1 is 1.35 bits per heavy atom. The van der Waals surface area contributed by atoms with Gasteiger partial charge in [0.05, 0.1) is 7.11 Å². The summed E-state index contributed by atoms with van der Waals surface area (Å²) >= 11 is 0. The minimum Gasteiger partial charge on any atom is -0.496 e. The van der Waals surface area contributed by atoms with Gasteiger partial charge in [-0.3, -0.25) is 0 Å². The van der Waals surface area contributed by atoms with Gasteiger partial charge in [0.25, 0.3) is 0 Å². The van der Waals surface area contributed by atoms with E-state index in [-0.39, 0.29) is 11.2 Å². The maximum Gasteiger partial charge on any atom is 0.130 e. The van der Waals surface area contributed by atoms with E-state index in [0.717, 1.165) is 31.2 Å². The van der Waals surface area contributed by atoms with E-state index in [2.05, 4.69) is 0 Å². The molecule has 3 heteroatoms. The number of rotatable bonds is 3. The molecular weight excluding hydrogens is 217 g/mol. The Morgan fingerprint density at radius 2 is 2.00 bits per heavy atom. The lowest BCUT2D eigenvalue weighted by Crippen LogP contribution is -2.33. The number of hydrogen-bond donors (Lipinski definition) is 1. The summed E-state index contributed by atoms with van der Waals surface area (Å²) in [6.45, 7) is 2.36. The Bertz CT molecular complexity index is 411. The minimum absolute atomic E-state index is 0.172. The number of hydrogen-bond acceptors (Lipinski definition) is 2. The lowest BCUT2D eigenvalue weighted by molar-refractivity contribution is 0.363. The second-order valence-corrected chi connectivity index (χ2v) is 5.02. The number of nitrogens with two attached hydrogens (primary N) is 1. The van der Waals surface area contributed by atoms with E-state index in [0.29, 0.717) is 17.9 Å². The Balaban J connectivity index is 2.56. The molecule has 0 heterocycles. The molecule has 0 aromatic heterocycles. The van der Waals surface area contributed by atoms with Crippen LogP contribution in [0.5, 0.6) is 5.75 Å². The third kappa shape index (κ3) is 2.04. The zero-order valence-electron chi connectivity index (χ0n) is 10.6. The van der Waals surface area contributed by atoms with Gasteiger partial charge < -0.3 is 10.5 Å². The van der Waals surface area contributed by atoms with Gasteiger partial charge in [0.15, 0.2) is 0 Å². The topological polar surface area (TPSA) is 35.2 Å². The maximum absolute atomic E-state index is 14.2. The summed E-state index contributed by atoms with van der Waals surface area (Å²) in [6, 6.07) is 3.47. The van der Waals surface area contributed by atoms with Crippen LogP contribution in [0.4, 0.5) is 4.39 Å². The van der Waals surface area contributed by atoms with Gasteiger partial charge in [-0.25, -0.2) is 4.39 Å². The van der Waals surface area contributed by atoms with Gasteiger partial charge in [0, 0.05) is 17.5 Å². The van der Waals surface area contributed by atoms with Crippen molar-refractivity contribution in [3.63, 3.8) is 0 Å². The van der Waals surface area contributed by atoms with Crippen molar-refractivity contribution in [1.82, 2.24) is 0 Å². The first-order valence-electron chi connectivity index (χ1n) is 6.17. The molecule has 1 aromatic carbocycles. The highest BCUT2D eigenvalue weighted by atomic mass is 19.1. The molecule has 2 N–H and O–H groups in total. The van der Waals surface area contributed by atoms with Crippen LogP contribution in [0.2, 0.25) is 0 Å². The molecule has 0 bridgehead atoms. The van der Waals surface area contributed by atoms with Crippen molar-refractivity contribution in [3.8, 4) is 5.75 Å². The lowest BCUT2D eigenvalue weighted by Gasteiger charge is -2.30. The average Bonchev–Trinajstić information content (AvgIpc) is 2.77. The molecule has 2 nitrogen and oxygen atoms in total. The molecule has 1 fully saturated rings. The molecule has 1 aromatic rings. The highest BCUT2D eigenvalue weighted by Gasteiger charge is 2.38. The zero-order valence-corrected chi connectivity index (χ0v) is 10.6. The first kappa shape index (κ1) is 12.4. The first-order chi connectivity index (χ1) is 8.13. The number of halogens is 1. The van der Waals surface area contributed by atoms with Crippen LogP contribution in [-0.2, 0) is 5.41 Å². The molecule has 0 radical (unpaired) electrons. The van der Waals surface area contributed by atoms with Crippen LogP contribution >= 0.6 is 0 Å². The van der Waals surface area contributed by atoms with Crippen molar-refractivity contribution in [2.75, 3.05) is 13.7 Å². The normalized spacial score (nSPS) is 18.4. The summed E-state index contributed by atoms with van der Waals surface area (Å²) < 4.78 is 19.6. The van der Waals surface area contributed by atoms with E-state index >= 15 is 0 Å². The summed E-state index contributed by atoms with van der Waals surface area (Å²) in [7, 11) is 1.59. The van der Waals surface area contributed by atoms with Gasteiger partial charge in [-0.2, -0.15) is 0 Å². The molecule has 1 aliphatic rings. The van der Waals surface area contributed by atoms with Crippen molar-refractivity contribution < 1.29 is 9.13 Å². The standard InChI is InChI=1S/C14H20FNO/c1-10-7-11(15)13(12(8-10)17-2)14(9-16)5-3-4-6-14/h7-8H,3-6,9,16H2,1-2H3. The molecule has 0 atom stereocenters. The molecular formula is C14H20FNO. The van der Waals surface area contributed by atoms with Gasteiger partial charge in [-0.05, 0) is 37.5 Å². The van der Waals surface area contributed by atoms with Gasteiger partial charge in [0.1, 0.15) is 11.6 Å². The highest BCUT2D eigenvalue weighted by molar-refractivity contribution is 5.44. The van der Waals surface area contributed by atoms with Crippen LogP contribution in [0, 0.1) is 12.7 Å². The second kappa shape index (κ2) is 4.65. The van der Waals surface area contributed by atoms with Crippen molar-refractivity contribution in [3.05, 3.63) is 29.1 Å². The number of ether oxygens (including phenoxy) is 1. The fourth-order valence-corrected chi connectivity index (χ4v) is 2.99. The quantitative estimate of drug-likeness (QED) is 0.877. The monoisotopic (exact) mass is 237 g/mol. The van der Waals surface area contributed by atoms with Crippen LogP contribution in [0.3, 0.4) is 0 Å². The van der Waals surface area contributed by atoms with E-state index in [1.165, 1.54) is 0 Å². The van der Waals surface area contributed by atoms with Crippen LogP contribution in [0.15, 0.2) is 12.1 Å². The SMILES string of the molecule is COc1cc(C)cc(F)c1C1(CN)CCCC1. The van der Waals surface area contributed by atoms with E-state index < -0.39 is 0 Å². The summed E-state index contributed by atoms with van der Waals surface area (Å²) in [4.78, 5) is 0. The first-order valence-corrected chi connectivity index (χ1v) is 6.17. The Labute approximate surface area is 102 Å². The van der Waals surface area contributed by atoms with E-state index in [1.54, 1.807) is 13.2 Å². The second-order valence-electron chi connectivity index (χ2n) is 5.02. The van der Waals surface area contributed by atoms with Gasteiger partial charge >= 0.3 is 0 Å². The Morgan fingerprint density at radius 3 is 2.53 bits per heavy atom. The van der Waals surface area contributed by atoms with E-state index in [4.69, 9.17) is 10.5 Å². The van der Waals surface area contributed by atoms with Crippen molar-refractivity contribution >= 4 is 0 Å². The molecule has 2 rings (SSSR count). The van der Waals surface area contributed by atoms with Crippen LogP contribution in [0.1, 0.15) is 36.8 Å². The minimum atomic E-state index is -0.219. The van der Waals surface area contributed by atoms with Crippen LogP contribution in [-0.4, -0.2) is 13.7 Å². The van der Waals surface area contributed by atoms with Crippen molar-refractivity contribution in [1.29, 1.82) is 0 Å². The lowest BCUT2D eigenvalue weighted by atomic mass is 9.78. The van der Waals surface area contributed by atoms with E-state index in [9.17, 15) is 4.39 Å². The molecule has 0 amide bonds. The van der Waals surface area contributed by atoms with Crippen molar-refractivity contribution in [2.24, 2.45) is 5.73 Å². The third-order valence-electron chi connectivity index (χ3n) is 3.90. The van der Waals surface area contributed by atoms with Gasteiger partial charge in [0.2, 0.25) is 0 Å². The van der Waals surface area contributed by atoms with E-state index in [1.807, 2.05) is 13.0 Å². The maximum atomic E-state index is 14.2. The number of aryl methyl sites for hydroxylation is 1. The predicted molar refractivity (Wildman–Crippen MR) is 66.9 cm³/mol. The van der Waals surface area contributed by atoms with Crippen LogP contribution in [0.25, 0.3) is 0 Å². The summed E-state index contributed by atoms with van der Waals surface area (Å²) in [5.41, 5.74) is 7.26. The molecule has 1 aliphatic carbocycles. The summed E-state index contributed by atoms with van der Waals surface area (Å²) in [5.74, 6) is 0.476. The molecule has 0 aliphatic heterocycles. The zero-order chi connectivity index (χ0) is 12.5. The summed E-state index contributed by atoms with van der Waals surface area (Å²) in [6.07, 6.45) is 4.15. The average molecular weight is 237 g/mol. The predicted octanol–water partition coefficient (Wildman–Crippen LogP) is 2.91. The number of methoxy groups -OCH3 is 1. The fraction of sp³-hybridized carbons (Fsp3) is 0.571. The summed E-state index contributed by atoms with van der Waals surface area (Å²) in [5, 5.41) is 0. The van der Waals surface area contributed by atoms with Gasteiger partial charge in [-0.15, -0.1) is 0 Å². The molecule has 94 valence electrons. The molecule has 1 saturated carbocycles. The number of benzene rings is 1. The third-order valence-corrected chi connectivity index (χ3v) is 3.90. The Kier molecular flexibility index (Phi) is 3.38.